The molecule has 0 radical (unpaired) electrons. The zero-order valence-electron chi connectivity index (χ0n) is 57.6. The van der Waals surface area contributed by atoms with E-state index in [0.717, 1.165) is 167 Å². The standard InChI is InChI=1S/C75H126O16P2/c1-4-7-10-13-16-19-22-24-26-28-30-32-33-34-35-37-39-40-42-44-47-49-52-55-58-61-73(78)85-64-70(76)65-87-92(81,82)88-66-71(77)67-89-93(83,84)90-69-72(91-75(80)63-60-57-54-51-46-21-18-15-12-9-6-3)68-86-74(79)62-59-56-53-50-48-45-43-41-38-36-31-29-27-25-23-20-17-14-11-8-5-2/h7-8,10-11,16-17,19-20,24-27,30-32,34-36,39-41,43,70-72,76-77H,4-6,9,12-15,18,21-23,28-29,33,37-38,42,44-69H2,1-3H3,(H,81,82)(H,83,84)/b10-7-,11-8-,19-16-,20-17-,26-24-,27-25-,32-30-,35-34-,36-31-,40-39-,43-41-. The number of carbonyl (C=O) groups excluding carboxylic acids is 3. The van der Waals surface area contributed by atoms with Gasteiger partial charge in [-0.1, -0.05) is 264 Å². The maximum absolute atomic E-state index is 12.9. The lowest BCUT2D eigenvalue weighted by atomic mass is 10.1. The Morgan fingerprint density at radius 3 is 0.903 bits per heavy atom. The summed E-state index contributed by atoms with van der Waals surface area (Å²) >= 11 is 0. The third kappa shape index (κ3) is 68.9. The normalized spacial score (nSPS) is 15.0. The van der Waals surface area contributed by atoms with Crippen LogP contribution in [0.3, 0.4) is 0 Å². The minimum atomic E-state index is -4.93. The minimum absolute atomic E-state index is 0.0989. The van der Waals surface area contributed by atoms with Gasteiger partial charge in [0, 0.05) is 19.3 Å². The van der Waals surface area contributed by atoms with Crippen LogP contribution in [0.2, 0.25) is 0 Å². The number of phosphoric acid groups is 2. The third-order valence-electron chi connectivity index (χ3n) is 14.4. The zero-order valence-corrected chi connectivity index (χ0v) is 59.4. The Bertz CT molecular complexity index is 2230. The maximum atomic E-state index is 12.9. The Hall–Kier alpha value is -4.31. The monoisotopic (exact) mass is 1340 g/mol. The number of aliphatic hydroxyl groups excluding tert-OH is 2. The van der Waals surface area contributed by atoms with E-state index in [-0.39, 0.29) is 19.3 Å². The summed E-state index contributed by atoms with van der Waals surface area (Å²) in [6.07, 6.45) is 79.3. The second-order valence-corrected chi connectivity index (χ2v) is 26.2. The van der Waals surface area contributed by atoms with Crippen molar-refractivity contribution in [3.8, 4) is 0 Å². The highest BCUT2D eigenvalue weighted by Crippen LogP contribution is 2.45. The summed E-state index contributed by atoms with van der Waals surface area (Å²) in [4.78, 5) is 58.4. The van der Waals surface area contributed by atoms with Crippen molar-refractivity contribution in [2.75, 3.05) is 39.6 Å². The van der Waals surface area contributed by atoms with Gasteiger partial charge in [-0.25, -0.2) is 9.13 Å². The van der Waals surface area contributed by atoms with E-state index in [1.807, 2.05) is 0 Å². The van der Waals surface area contributed by atoms with Gasteiger partial charge in [0.25, 0.3) is 0 Å². The van der Waals surface area contributed by atoms with Crippen LogP contribution in [0.4, 0.5) is 0 Å². The Kier molecular flexibility index (Phi) is 64.5. The lowest BCUT2D eigenvalue weighted by Crippen LogP contribution is -2.30. The van der Waals surface area contributed by atoms with E-state index in [1.165, 1.54) is 38.5 Å². The van der Waals surface area contributed by atoms with Crippen molar-refractivity contribution in [3.63, 3.8) is 0 Å². The molecule has 93 heavy (non-hydrogen) atoms. The van der Waals surface area contributed by atoms with Crippen LogP contribution in [0.15, 0.2) is 134 Å². The van der Waals surface area contributed by atoms with Gasteiger partial charge in [-0.3, -0.25) is 32.5 Å². The summed E-state index contributed by atoms with van der Waals surface area (Å²) in [6, 6.07) is 0. The maximum Gasteiger partial charge on any atom is 0.472 e. The smallest absolute Gasteiger partial charge is 0.463 e. The van der Waals surface area contributed by atoms with Crippen LogP contribution in [0.1, 0.15) is 265 Å². The summed E-state index contributed by atoms with van der Waals surface area (Å²) in [7, 11) is -9.79. The first-order valence-electron chi connectivity index (χ1n) is 35.5. The summed E-state index contributed by atoms with van der Waals surface area (Å²) < 4.78 is 60.9. The number of ether oxygens (including phenoxy) is 3. The molecule has 0 aromatic rings. The van der Waals surface area contributed by atoms with Gasteiger partial charge in [0.05, 0.1) is 26.4 Å². The molecule has 0 amide bonds. The first-order valence-corrected chi connectivity index (χ1v) is 38.5. The third-order valence-corrected chi connectivity index (χ3v) is 16.3. The highest BCUT2D eigenvalue weighted by atomic mass is 31.2. The Labute approximate surface area is 563 Å². The van der Waals surface area contributed by atoms with Crippen molar-refractivity contribution < 1.29 is 75.8 Å². The van der Waals surface area contributed by atoms with Crippen molar-refractivity contribution in [3.05, 3.63) is 134 Å². The largest absolute Gasteiger partial charge is 0.472 e. The van der Waals surface area contributed by atoms with Gasteiger partial charge in [0.1, 0.15) is 25.4 Å². The summed E-state index contributed by atoms with van der Waals surface area (Å²) in [5.74, 6) is -1.61. The Morgan fingerprint density at radius 1 is 0.312 bits per heavy atom. The van der Waals surface area contributed by atoms with Crippen LogP contribution >= 0.6 is 15.6 Å². The molecule has 0 heterocycles. The van der Waals surface area contributed by atoms with Gasteiger partial charge >= 0.3 is 33.6 Å². The number of rotatable bonds is 66. The van der Waals surface area contributed by atoms with Gasteiger partial charge in [-0.2, -0.15) is 0 Å². The van der Waals surface area contributed by atoms with Crippen molar-refractivity contribution in [2.24, 2.45) is 0 Å². The number of esters is 3. The molecule has 532 valence electrons. The second-order valence-electron chi connectivity index (χ2n) is 23.3. The molecule has 16 nitrogen and oxygen atoms in total. The summed E-state index contributed by atoms with van der Waals surface area (Å²) in [5, 5.41) is 20.6. The molecule has 0 fully saturated rings. The molecule has 5 atom stereocenters. The van der Waals surface area contributed by atoms with Gasteiger partial charge in [0.15, 0.2) is 6.10 Å². The number of carbonyl (C=O) groups is 3. The van der Waals surface area contributed by atoms with E-state index in [2.05, 4.69) is 154 Å². The number of allylic oxidation sites excluding steroid dienone is 22. The number of hydrogen-bond acceptors (Lipinski definition) is 14. The molecule has 0 rings (SSSR count). The fourth-order valence-corrected chi connectivity index (χ4v) is 10.6. The van der Waals surface area contributed by atoms with Crippen LogP contribution < -0.4 is 0 Å². The van der Waals surface area contributed by atoms with Gasteiger partial charge in [0.2, 0.25) is 0 Å². The average molecular weight is 1350 g/mol. The molecule has 18 heteroatoms. The summed E-state index contributed by atoms with van der Waals surface area (Å²) in [5.41, 5.74) is 0. The average Bonchev–Trinajstić information content (AvgIpc) is 3.64. The highest BCUT2D eigenvalue weighted by molar-refractivity contribution is 7.47. The first kappa shape index (κ1) is 88.7. The predicted molar refractivity (Wildman–Crippen MR) is 380 cm³/mol. The number of hydrogen-bond donors (Lipinski definition) is 4. The lowest BCUT2D eigenvalue weighted by Gasteiger charge is -2.21. The second kappa shape index (κ2) is 67.7. The van der Waals surface area contributed by atoms with Crippen LogP contribution in [-0.2, 0) is 55.8 Å². The molecule has 4 N–H and O–H groups in total. The molecular weight excluding hydrogens is 1220 g/mol. The SMILES string of the molecule is CC/C=C\C/C=C\C/C=C\C/C=C\C/C=C\C/C=C\CCCCCCCCC(=O)OCC(O)COP(=O)(O)OCC(O)COP(=O)(O)OCC(COC(=O)CCCCCCC/C=C\C/C=C\C/C=C\C/C=C\C/C=C\CC)OC(=O)CCCCCCCCCCCCC. The molecule has 0 aromatic carbocycles. The van der Waals surface area contributed by atoms with E-state index in [9.17, 15) is 43.5 Å². The molecule has 0 aliphatic rings. The van der Waals surface area contributed by atoms with Crippen LogP contribution in [0.5, 0.6) is 0 Å². The van der Waals surface area contributed by atoms with Crippen molar-refractivity contribution >= 4 is 33.6 Å². The Morgan fingerprint density at radius 2 is 0.570 bits per heavy atom. The van der Waals surface area contributed by atoms with Gasteiger partial charge in [-0.05, 0) is 116 Å². The predicted octanol–water partition coefficient (Wildman–Crippen LogP) is 20.0. The highest BCUT2D eigenvalue weighted by Gasteiger charge is 2.29. The molecule has 0 spiro atoms. The van der Waals surface area contributed by atoms with E-state index in [0.29, 0.717) is 19.3 Å². The van der Waals surface area contributed by atoms with Crippen LogP contribution in [-0.4, -0.2) is 95.9 Å². The molecule has 0 aliphatic heterocycles. The molecule has 0 aromatic heterocycles. The molecule has 0 bridgehead atoms. The topological polar surface area (TPSA) is 231 Å². The molecule has 0 saturated heterocycles. The van der Waals surface area contributed by atoms with Crippen LogP contribution in [0, 0.1) is 0 Å². The zero-order chi connectivity index (χ0) is 68.1. The fraction of sp³-hybridized carbons (Fsp3) is 0.667. The first-order chi connectivity index (χ1) is 45.2. The quantitative estimate of drug-likeness (QED) is 0.0146. The lowest BCUT2D eigenvalue weighted by molar-refractivity contribution is -0.161. The molecular formula is C75H126O16P2. The van der Waals surface area contributed by atoms with E-state index in [4.69, 9.17) is 32.3 Å². The number of phosphoric ester groups is 2. The molecule has 5 unspecified atom stereocenters. The van der Waals surface area contributed by atoms with Crippen molar-refractivity contribution in [1.82, 2.24) is 0 Å². The molecule has 0 saturated carbocycles. The minimum Gasteiger partial charge on any atom is -0.463 e. The number of aliphatic hydroxyl groups is 2. The van der Waals surface area contributed by atoms with Gasteiger partial charge in [-0.15, -0.1) is 0 Å². The van der Waals surface area contributed by atoms with Crippen LogP contribution in [0.25, 0.3) is 0 Å². The van der Waals surface area contributed by atoms with Crippen molar-refractivity contribution in [1.29, 1.82) is 0 Å². The van der Waals surface area contributed by atoms with E-state index < -0.39 is 91.5 Å². The van der Waals surface area contributed by atoms with E-state index >= 15 is 0 Å². The Balaban J connectivity index is 4.57. The van der Waals surface area contributed by atoms with Gasteiger partial charge < -0.3 is 34.2 Å². The summed E-state index contributed by atoms with van der Waals surface area (Å²) in [6.45, 7) is 2.38. The molecule has 0 aliphatic carbocycles. The fourth-order valence-electron chi connectivity index (χ4n) is 9.01. The van der Waals surface area contributed by atoms with E-state index in [1.54, 1.807) is 0 Å². The van der Waals surface area contributed by atoms with Crippen molar-refractivity contribution in [2.45, 2.75) is 283 Å². The number of unbranched alkanes of at least 4 members (excludes halogenated alkanes) is 21.